The molecule has 1 fully saturated rings. The molecule has 0 radical (unpaired) electrons. The molecular formula is C18H21N3O2. The fourth-order valence-corrected chi connectivity index (χ4v) is 2.90. The van der Waals surface area contributed by atoms with Gasteiger partial charge in [-0.25, -0.2) is 0 Å². The average Bonchev–Trinajstić information content (AvgIpc) is 2.87. The van der Waals surface area contributed by atoms with Crippen LogP contribution in [0.1, 0.15) is 27.1 Å². The summed E-state index contributed by atoms with van der Waals surface area (Å²) in [5.41, 5.74) is 1.41. The highest BCUT2D eigenvalue weighted by atomic mass is 16.2. The Kier molecular flexibility index (Phi) is 4.46. The second-order valence-corrected chi connectivity index (χ2v) is 5.87. The van der Waals surface area contributed by atoms with Crippen molar-refractivity contribution in [1.82, 2.24) is 14.4 Å². The number of aryl methyl sites for hydroxylation is 1. The second kappa shape index (κ2) is 6.69. The van der Waals surface area contributed by atoms with Crippen LogP contribution in [0, 0.1) is 0 Å². The van der Waals surface area contributed by atoms with Gasteiger partial charge in [0, 0.05) is 51.2 Å². The number of carbonyl (C=O) groups excluding carboxylic acids is 2. The van der Waals surface area contributed by atoms with Crippen molar-refractivity contribution < 1.29 is 9.59 Å². The molecule has 0 aliphatic carbocycles. The van der Waals surface area contributed by atoms with Crippen LogP contribution < -0.4 is 0 Å². The van der Waals surface area contributed by atoms with E-state index in [2.05, 4.69) is 0 Å². The number of hydrogen-bond acceptors (Lipinski definition) is 2. The summed E-state index contributed by atoms with van der Waals surface area (Å²) in [6.07, 6.45) is 4.51. The van der Waals surface area contributed by atoms with Gasteiger partial charge in [0.1, 0.15) is 0 Å². The van der Waals surface area contributed by atoms with Gasteiger partial charge in [0.2, 0.25) is 0 Å². The van der Waals surface area contributed by atoms with Gasteiger partial charge in [0.15, 0.2) is 0 Å². The molecule has 1 aromatic carbocycles. The molecule has 5 nitrogen and oxygen atoms in total. The van der Waals surface area contributed by atoms with Crippen molar-refractivity contribution in [2.75, 3.05) is 26.2 Å². The van der Waals surface area contributed by atoms with Crippen LogP contribution in [0.25, 0.3) is 0 Å². The Morgan fingerprint density at radius 2 is 1.43 bits per heavy atom. The van der Waals surface area contributed by atoms with E-state index in [1.807, 2.05) is 70.2 Å². The number of aromatic nitrogens is 1. The van der Waals surface area contributed by atoms with E-state index in [-0.39, 0.29) is 11.8 Å². The summed E-state index contributed by atoms with van der Waals surface area (Å²) in [4.78, 5) is 28.7. The molecule has 1 saturated heterocycles. The number of carbonyl (C=O) groups is 2. The van der Waals surface area contributed by atoms with Gasteiger partial charge < -0.3 is 14.4 Å². The maximum Gasteiger partial charge on any atom is 0.255 e. The molecule has 1 aromatic heterocycles. The average molecular weight is 311 g/mol. The third-order valence-corrected chi connectivity index (χ3v) is 4.17. The van der Waals surface area contributed by atoms with Crippen LogP contribution in [0.4, 0.5) is 0 Å². The summed E-state index contributed by atoms with van der Waals surface area (Å²) >= 11 is 0. The SMILES string of the molecule is Cn1ccc(C(=O)N2CCCN(C(=O)c3ccccc3)CC2)c1. The molecule has 0 atom stereocenters. The van der Waals surface area contributed by atoms with Crippen LogP contribution in [0.15, 0.2) is 48.8 Å². The molecule has 2 amide bonds. The molecule has 5 heteroatoms. The van der Waals surface area contributed by atoms with Crippen molar-refractivity contribution in [1.29, 1.82) is 0 Å². The standard InChI is InChI=1S/C18H21N3O2/c1-19-11-8-16(14-19)18(23)21-10-5-9-20(12-13-21)17(22)15-6-3-2-4-7-15/h2-4,6-8,11,14H,5,9-10,12-13H2,1H3. The van der Waals surface area contributed by atoms with Gasteiger partial charge in [-0.2, -0.15) is 0 Å². The van der Waals surface area contributed by atoms with Gasteiger partial charge in [-0.1, -0.05) is 18.2 Å². The van der Waals surface area contributed by atoms with E-state index in [4.69, 9.17) is 0 Å². The summed E-state index contributed by atoms with van der Waals surface area (Å²) in [6.45, 7) is 2.52. The first-order chi connectivity index (χ1) is 11.1. The van der Waals surface area contributed by atoms with Gasteiger partial charge >= 0.3 is 0 Å². The molecule has 3 rings (SSSR count). The first kappa shape index (κ1) is 15.3. The first-order valence-electron chi connectivity index (χ1n) is 7.91. The maximum atomic E-state index is 12.5. The Labute approximate surface area is 136 Å². The van der Waals surface area contributed by atoms with E-state index >= 15 is 0 Å². The Morgan fingerprint density at radius 3 is 2.00 bits per heavy atom. The van der Waals surface area contributed by atoms with Crippen molar-refractivity contribution >= 4 is 11.8 Å². The van der Waals surface area contributed by atoms with Crippen molar-refractivity contribution in [3.8, 4) is 0 Å². The monoisotopic (exact) mass is 311 g/mol. The van der Waals surface area contributed by atoms with Gasteiger partial charge in [-0.3, -0.25) is 9.59 Å². The number of benzene rings is 1. The van der Waals surface area contributed by atoms with Crippen LogP contribution in [-0.2, 0) is 7.05 Å². The fraction of sp³-hybridized carbons (Fsp3) is 0.333. The van der Waals surface area contributed by atoms with Crippen LogP contribution in [0.2, 0.25) is 0 Å². The maximum absolute atomic E-state index is 12.5. The van der Waals surface area contributed by atoms with E-state index in [9.17, 15) is 9.59 Å². The summed E-state index contributed by atoms with van der Waals surface area (Å²) in [6, 6.07) is 11.1. The lowest BCUT2D eigenvalue weighted by Crippen LogP contribution is -2.37. The minimum Gasteiger partial charge on any atom is -0.356 e. The number of nitrogens with zero attached hydrogens (tertiary/aromatic N) is 3. The van der Waals surface area contributed by atoms with E-state index in [1.165, 1.54) is 0 Å². The zero-order valence-corrected chi connectivity index (χ0v) is 13.3. The molecule has 1 aliphatic rings. The predicted octanol–water partition coefficient (Wildman–Crippen LogP) is 2.01. The van der Waals surface area contributed by atoms with Gasteiger partial charge in [-0.05, 0) is 24.6 Å². The number of rotatable bonds is 2. The van der Waals surface area contributed by atoms with E-state index in [1.54, 1.807) is 0 Å². The molecule has 2 aromatic rings. The molecule has 2 heterocycles. The highest BCUT2D eigenvalue weighted by Gasteiger charge is 2.23. The molecule has 23 heavy (non-hydrogen) atoms. The van der Waals surface area contributed by atoms with E-state index < -0.39 is 0 Å². The largest absolute Gasteiger partial charge is 0.356 e. The zero-order chi connectivity index (χ0) is 16.2. The van der Waals surface area contributed by atoms with Crippen molar-refractivity contribution in [3.05, 3.63) is 59.9 Å². The van der Waals surface area contributed by atoms with E-state index in [0.29, 0.717) is 37.3 Å². The highest BCUT2D eigenvalue weighted by molar-refractivity contribution is 5.95. The molecule has 0 saturated carbocycles. The van der Waals surface area contributed by atoms with Crippen molar-refractivity contribution in [2.24, 2.45) is 7.05 Å². The normalized spacial score (nSPS) is 15.3. The summed E-state index contributed by atoms with van der Waals surface area (Å²) in [7, 11) is 1.90. The van der Waals surface area contributed by atoms with Crippen molar-refractivity contribution in [2.45, 2.75) is 6.42 Å². The lowest BCUT2D eigenvalue weighted by atomic mass is 10.2. The second-order valence-electron chi connectivity index (χ2n) is 5.87. The Bertz CT molecular complexity index is 693. The van der Waals surface area contributed by atoms with Gasteiger partial charge in [0.05, 0.1) is 5.56 Å². The molecule has 1 aliphatic heterocycles. The third-order valence-electron chi connectivity index (χ3n) is 4.17. The Morgan fingerprint density at radius 1 is 0.826 bits per heavy atom. The van der Waals surface area contributed by atoms with E-state index in [0.717, 1.165) is 6.42 Å². The molecule has 0 N–H and O–H groups in total. The van der Waals surface area contributed by atoms with Crippen LogP contribution in [0.3, 0.4) is 0 Å². The summed E-state index contributed by atoms with van der Waals surface area (Å²) < 4.78 is 1.87. The zero-order valence-electron chi connectivity index (χ0n) is 13.3. The lowest BCUT2D eigenvalue weighted by Gasteiger charge is -2.22. The fourth-order valence-electron chi connectivity index (χ4n) is 2.90. The predicted molar refractivity (Wildman–Crippen MR) is 88.3 cm³/mol. The lowest BCUT2D eigenvalue weighted by molar-refractivity contribution is 0.0719. The molecular weight excluding hydrogens is 290 g/mol. The summed E-state index contributed by atoms with van der Waals surface area (Å²) in [5.74, 6) is 0.0826. The Hall–Kier alpha value is -2.56. The number of amides is 2. The molecule has 120 valence electrons. The molecule has 0 spiro atoms. The smallest absolute Gasteiger partial charge is 0.255 e. The van der Waals surface area contributed by atoms with Crippen LogP contribution >= 0.6 is 0 Å². The Balaban J connectivity index is 1.65. The summed E-state index contributed by atoms with van der Waals surface area (Å²) in [5, 5.41) is 0. The van der Waals surface area contributed by atoms with Gasteiger partial charge in [-0.15, -0.1) is 0 Å². The number of hydrogen-bond donors (Lipinski definition) is 0. The van der Waals surface area contributed by atoms with Gasteiger partial charge in [0.25, 0.3) is 11.8 Å². The third kappa shape index (κ3) is 3.44. The van der Waals surface area contributed by atoms with Crippen molar-refractivity contribution in [3.63, 3.8) is 0 Å². The topological polar surface area (TPSA) is 45.6 Å². The van der Waals surface area contributed by atoms with Crippen LogP contribution in [0.5, 0.6) is 0 Å². The highest BCUT2D eigenvalue weighted by Crippen LogP contribution is 2.12. The minimum absolute atomic E-state index is 0.0413. The van der Waals surface area contributed by atoms with Crippen LogP contribution in [-0.4, -0.2) is 52.4 Å². The first-order valence-corrected chi connectivity index (χ1v) is 7.91. The molecule has 0 bridgehead atoms. The minimum atomic E-state index is 0.0413. The molecule has 0 unspecified atom stereocenters. The quantitative estimate of drug-likeness (QED) is 0.852.